The average molecular weight is 492 g/mol. The fourth-order valence-electron chi connectivity index (χ4n) is 3.35. The highest BCUT2D eigenvalue weighted by atomic mass is 79.9. The van der Waals surface area contributed by atoms with Crippen molar-refractivity contribution in [2.24, 2.45) is 5.10 Å². The lowest BCUT2D eigenvalue weighted by Crippen LogP contribution is -2.40. The van der Waals surface area contributed by atoms with Crippen molar-refractivity contribution in [3.8, 4) is 0 Å². The minimum absolute atomic E-state index is 0.158. The van der Waals surface area contributed by atoms with Gasteiger partial charge in [0.1, 0.15) is 0 Å². The van der Waals surface area contributed by atoms with Crippen LogP contribution in [0.15, 0.2) is 69.1 Å². The number of nitrogens with one attached hydrogen (secondary N) is 1. The molecule has 0 aromatic heterocycles. The molecule has 3 rings (SSSR count). The Labute approximate surface area is 186 Å². The molecule has 160 valence electrons. The lowest BCUT2D eigenvalue weighted by atomic mass is 9.99. The molecule has 0 radical (unpaired) electrons. The fraction of sp³-hybridized carbons (Fsp3) is 0.364. The molecule has 1 aliphatic rings. The van der Waals surface area contributed by atoms with Crippen molar-refractivity contribution in [1.29, 1.82) is 0 Å². The normalized spacial score (nSPS) is 14.5. The van der Waals surface area contributed by atoms with Gasteiger partial charge in [0, 0.05) is 16.7 Å². The van der Waals surface area contributed by atoms with E-state index in [-0.39, 0.29) is 18.0 Å². The summed E-state index contributed by atoms with van der Waals surface area (Å²) in [5.74, 6) is -0.429. The number of benzene rings is 2. The number of hydrogen-bond acceptors (Lipinski definition) is 4. The highest BCUT2D eigenvalue weighted by Crippen LogP contribution is 2.19. The molecule has 0 spiro atoms. The number of hydrazone groups is 1. The monoisotopic (exact) mass is 491 g/mol. The van der Waals surface area contributed by atoms with Crippen LogP contribution in [0.5, 0.6) is 0 Å². The first-order valence-corrected chi connectivity index (χ1v) is 12.3. The van der Waals surface area contributed by atoms with Crippen LogP contribution < -0.4 is 5.43 Å². The van der Waals surface area contributed by atoms with Crippen LogP contribution >= 0.6 is 15.9 Å². The first-order chi connectivity index (χ1) is 14.4. The molecule has 1 amide bonds. The quantitative estimate of drug-likeness (QED) is 0.564. The van der Waals surface area contributed by atoms with Crippen molar-refractivity contribution in [3.63, 3.8) is 0 Å². The summed E-state index contributed by atoms with van der Waals surface area (Å²) in [7, 11) is -3.82. The lowest BCUT2D eigenvalue weighted by molar-refractivity contribution is -0.121. The van der Waals surface area contributed by atoms with Crippen LogP contribution in [0.3, 0.4) is 0 Å². The second-order valence-electron chi connectivity index (χ2n) is 7.30. The molecular formula is C22H26BrN3O3S. The molecule has 2 aromatic carbocycles. The highest BCUT2D eigenvalue weighted by Gasteiger charge is 2.26. The third-order valence-corrected chi connectivity index (χ3v) is 7.42. The number of carbonyl (C=O) groups excluding carboxylic acids is 1. The maximum atomic E-state index is 13.2. The molecular weight excluding hydrogens is 466 g/mol. The van der Waals surface area contributed by atoms with E-state index in [1.54, 1.807) is 12.1 Å². The highest BCUT2D eigenvalue weighted by molar-refractivity contribution is 9.10. The van der Waals surface area contributed by atoms with Crippen molar-refractivity contribution < 1.29 is 13.2 Å². The summed E-state index contributed by atoms with van der Waals surface area (Å²) in [6.07, 6.45) is 5.63. The standard InChI is InChI=1S/C22H26BrN3O3S/c23-19-11-13-21(14-12-19)30(28,29)26(16-15-18-7-3-1-4-8-18)17-22(27)25-24-20-9-5-2-6-10-20/h1,3-4,7-8,11-14H,2,5-6,9-10,15-17H2,(H,25,27). The lowest BCUT2D eigenvalue weighted by Gasteiger charge is -2.22. The van der Waals surface area contributed by atoms with E-state index in [2.05, 4.69) is 26.5 Å². The summed E-state index contributed by atoms with van der Waals surface area (Å²) in [6.45, 7) is -0.0750. The van der Waals surface area contributed by atoms with Gasteiger partial charge < -0.3 is 0 Å². The Balaban J connectivity index is 1.74. The zero-order chi connectivity index (χ0) is 21.4. The number of halogens is 1. The minimum atomic E-state index is -3.82. The number of sulfonamides is 1. The molecule has 1 N–H and O–H groups in total. The summed E-state index contributed by atoms with van der Waals surface area (Å²) in [6, 6.07) is 16.1. The third kappa shape index (κ3) is 6.48. The van der Waals surface area contributed by atoms with Gasteiger partial charge in [-0.15, -0.1) is 0 Å². The SMILES string of the molecule is O=C(CN(CCc1ccccc1)S(=O)(=O)c1ccc(Br)cc1)NN=C1CCCCC1. The van der Waals surface area contributed by atoms with E-state index in [0.29, 0.717) is 6.42 Å². The topological polar surface area (TPSA) is 78.8 Å². The van der Waals surface area contributed by atoms with E-state index < -0.39 is 15.9 Å². The summed E-state index contributed by atoms with van der Waals surface area (Å²) >= 11 is 3.32. The van der Waals surface area contributed by atoms with Crippen LogP contribution in [-0.4, -0.2) is 37.4 Å². The number of amides is 1. The first kappa shape index (κ1) is 22.7. The van der Waals surface area contributed by atoms with Crippen LogP contribution in [0, 0.1) is 0 Å². The molecule has 6 nitrogen and oxygen atoms in total. The number of nitrogens with zero attached hydrogens (tertiary/aromatic N) is 2. The Kier molecular flexibility index (Phi) is 8.18. The Morgan fingerprint density at radius 1 is 1.00 bits per heavy atom. The Hall–Kier alpha value is -2.03. The van der Waals surface area contributed by atoms with E-state index in [4.69, 9.17) is 0 Å². The Morgan fingerprint density at radius 3 is 2.33 bits per heavy atom. The van der Waals surface area contributed by atoms with Gasteiger partial charge in [0.15, 0.2) is 0 Å². The van der Waals surface area contributed by atoms with Gasteiger partial charge in [-0.05, 0) is 61.9 Å². The van der Waals surface area contributed by atoms with Crippen LogP contribution in [0.25, 0.3) is 0 Å². The molecule has 1 fully saturated rings. The largest absolute Gasteiger partial charge is 0.272 e. The third-order valence-electron chi connectivity index (χ3n) is 5.03. The van der Waals surface area contributed by atoms with Crippen LogP contribution in [0.1, 0.15) is 37.7 Å². The van der Waals surface area contributed by atoms with Crippen molar-refractivity contribution in [2.75, 3.05) is 13.1 Å². The van der Waals surface area contributed by atoms with Gasteiger partial charge in [-0.1, -0.05) is 52.7 Å². The summed E-state index contributed by atoms with van der Waals surface area (Å²) in [4.78, 5) is 12.7. The smallest absolute Gasteiger partial charge is 0.255 e. The Bertz CT molecular complexity index is 968. The van der Waals surface area contributed by atoms with Gasteiger partial charge in [0.25, 0.3) is 5.91 Å². The minimum Gasteiger partial charge on any atom is -0.272 e. The van der Waals surface area contributed by atoms with Gasteiger partial charge in [-0.3, -0.25) is 4.79 Å². The van der Waals surface area contributed by atoms with E-state index >= 15 is 0 Å². The summed E-state index contributed by atoms with van der Waals surface area (Å²) in [5, 5.41) is 4.21. The summed E-state index contributed by atoms with van der Waals surface area (Å²) in [5.41, 5.74) is 4.53. The second-order valence-corrected chi connectivity index (χ2v) is 10.2. The van der Waals surface area contributed by atoms with Crippen molar-refractivity contribution in [3.05, 3.63) is 64.6 Å². The van der Waals surface area contributed by atoms with Gasteiger partial charge in [-0.2, -0.15) is 9.41 Å². The summed E-state index contributed by atoms with van der Waals surface area (Å²) < 4.78 is 28.4. The number of hydrogen-bond donors (Lipinski definition) is 1. The molecule has 2 aromatic rings. The van der Waals surface area contributed by atoms with E-state index in [1.807, 2.05) is 30.3 Å². The van der Waals surface area contributed by atoms with Crippen LogP contribution in [-0.2, 0) is 21.2 Å². The van der Waals surface area contributed by atoms with E-state index in [0.717, 1.165) is 41.4 Å². The molecule has 0 unspecified atom stereocenters. The van der Waals surface area contributed by atoms with Gasteiger partial charge in [0.2, 0.25) is 10.0 Å². The first-order valence-electron chi connectivity index (χ1n) is 10.1. The van der Waals surface area contributed by atoms with Crippen LogP contribution in [0.2, 0.25) is 0 Å². The number of rotatable bonds is 8. The van der Waals surface area contributed by atoms with Crippen LogP contribution in [0.4, 0.5) is 0 Å². The molecule has 0 bridgehead atoms. The van der Waals surface area contributed by atoms with Gasteiger partial charge in [-0.25, -0.2) is 13.8 Å². The molecule has 0 aliphatic heterocycles. The molecule has 0 saturated heterocycles. The predicted octanol–water partition coefficient (Wildman–Crippen LogP) is 4.12. The number of carbonyl (C=O) groups is 1. The fourth-order valence-corrected chi connectivity index (χ4v) is 5.01. The van der Waals surface area contributed by atoms with Gasteiger partial charge in [0.05, 0.1) is 11.4 Å². The van der Waals surface area contributed by atoms with E-state index in [9.17, 15) is 13.2 Å². The second kappa shape index (κ2) is 10.8. The molecule has 30 heavy (non-hydrogen) atoms. The van der Waals surface area contributed by atoms with Crippen molar-refractivity contribution in [1.82, 2.24) is 9.73 Å². The predicted molar refractivity (Wildman–Crippen MR) is 122 cm³/mol. The average Bonchev–Trinajstić information content (AvgIpc) is 2.77. The molecule has 1 aliphatic carbocycles. The maximum absolute atomic E-state index is 13.2. The molecule has 1 saturated carbocycles. The molecule has 0 heterocycles. The van der Waals surface area contributed by atoms with Crippen molar-refractivity contribution in [2.45, 2.75) is 43.4 Å². The molecule has 8 heteroatoms. The molecule has 0 atom stereocenters. The maximum Gasteiger partial charge on any atom is 0.255 e. The Morgan fingerprint density at radius 2 is 1.67 bits per heavy atom. The van der Waals surface area contributed by atoms with Crippen molar-refractivity contribution >= 4 is 37.6 Å². The van der Waals surface area contributed by atoms with E-state index in [1.165, 1.54) is 22.9 Å². The zero-order valence-corrected chi connectivity index (χ0v) is 19.2. The zero-order valence-electron chi connectivity index (χ0n) is 16.8. The van der Waals surface area contributed by atoms with Gasteiger partial charge >= 0.3 is 0 Å².